The number of halogens is 2. The number of hydrogen-bond donors (Lipinski definition) is 2. The first-order valence-electron chi connectivity index (χ1n) is 10.3. The zero-order valence-electron chi connectivity index (χ0n) is 17.0. The lowest BCUT2D eigenvalue weighted by Crippen LogP contribution is -2.47. The highest BCUT2D eigenvalue weighted by molar-refractivity contribution is 14.0. The van der Waals surface area contributed by atoms with Gasteiger partial charge in [-0.1, -0.05) is 23.7 Å². The van der Waals surface area contributed by atoms with Crippen molar-refractivity contribution in [3.8, 4) is 0 Å². The molecule has 2 N–H and O–H groups in total. The maximum atomic E-state index is 9.78. The normalized spacial score (nSPS) is 24.7. The minimum atomic E-state index is -0.164. The number of aliphatic hydroxyl groups is 1. The first kappa shape index (κ1) is 23.7. The van der Waals surface area contributed by atoms with Crippen LogP contribution in [0.5, 0.6) is 0 Å². The number of nitrogens with one attached hydrogen (secondary N) is 1. The van der Waals surface area contributed by atoms with Gasteiger partial charge in [-0.25, -0.2) is 0 Å². The molecule has 2 saturated heterocycles. The molecule has 0 aromatic heterocycles. The molecular formula is C21H34ClIN4O. The lowest BCUT2D eigenvalue weighted by atomic mass is 9.85. The molecular weight excluding hydrogens is 487 g/mol. The largest absolute Gasteiger partial charge is 0.393 e. The molecule has 2 fully saturated rings. The molecule has 2 atom stereocenters. The molecule has 0 radical (unpaired) electrons. The van der Waals surface area contributed by atoms with Crippen LogP contribution < -0.4 is 5.32 Å². The van der Waals surface area contributed by atoms with Crippen molar-refractivity contribution in [3.63, 3.8) is 0 Å². The van der Waals surface area contributed by atoms with Gasteiger partial charge in [0.25, 0.3) is 0 Å². The standard InChI is InChI=1S/C21H33ClN4O.HI/c1-3-23-21(26-12-9-19(27)10-13-26)24-15-17-7-5-11-25(2)20(17)16-6-4-8-18(22)14-16;/h4,6,8,14,17,19-20,27H,3,5,7,9-13,15H2,1-2H3,(H,23,24);1H. The molecule has 0 saturated carbocycles. The van der Waals surface area contributed by atoms with Crippen LogP contribution in [0.4, 0.5) is 0 Å². The van der Waals surface area contributed by atoms with E-state index in [2.05, 4.69) is 41.2 Å². The number of aliphatic hydroxyl groups excluding tert-OH is 1. The summed E-state index contributed by atoms with van der Waals surface area (Å²) in [5.41, 5.74) is 1.29. The Kier molecular flexibility index (Phi) is 9.80. The number of nitrogens with zero attached hydrogens (tertiary/aromatic N) is 3. The molecule has 2 aliphatic rings. The number of benzene rings is 1. The van der Waals surface area contributed by atoms with E-state index in [9.17, 15) is 5.11 Å². The van der Waals surface area contributed by atoms with Gasteiger partial charge >= 0.3 is 0 Å². The summed E-state index contributed by atoms with van der Waals surface area (Å²) in [6.07, 6.45) is 3.87. The van der Waals surface area contributed by atoms with Gasteiger partial charge in [0.15, 0.2) is 5.96 Å². The van der Waals surface area contributed by atoms with Gasteiger partial charge in [0.05, 0.1) is 6.10 Å². The van der Waals surface area contributed by atoms with E-state index in [1.807, 2.05) is 12.1 Å². The Labute approximate surface area is 191 Å². The first-order chi connectivity index (χ1) is 13.1. The van der Waals surface area contributed by atoms with Crippen LogP contribution in [0, 0.1) is 5.92 Å². The van der Waals surface area contributed by atoms with E-state index in [0.717, 1.165) is 56.5 Å². The number of rotatable bonds is 4. The molecule has 2 aliphatic heterocycles. The van der Waals surface area contributed by atoms with E-state index >= 15 is 0 Å². The number of likely N-dealkylation sites (tertiary alicyclic amines) is 2. The summed E-state index contributed by atoms with van der Waals surface area (Å²) >= 11 is 6.26. The molecule has 2 heterocycles. The SMILES string of the molecule is CCNC(=NCC1CCCN(C)C1c1cccc(Cl)c1)N1CCC(O)CC1.I. The topological polar surface area (TPSA) is 51.1 Å². The Balaban J connectivity index is 0.00000280. The van der Waals surface area contributed by atoms with Gasteiger partial charge in [0.1, 0.15) is 0 Å². The van der Waals surface area contributed by atoms with Crippen molar-refractivity contribution in [3.05, 3.63) is 34.9 Å². The van der Waals surface area contributed by atoms with Gasteiger partial charge in [0, 0.05) is 37.2 Å². The van der Waals surface area contributed by atoms with Crippen molar-refractivity contribution in [2.24, 2.45) is 10.9 Å². The third kappa shape index (κ3) is 6.21. The molecule has 158 valence electrons. The fourth-order valence-electron chi connectivity index (χ4n) is 4.38. The summed E-state index contributed by atoms with van der Waals surface area (Å²) in [5.74, 6) is 1.47. The lowest BCUT2D eigenvalue weighted by molar-refractivity contribution is 0.107. The molecule has 1 aromatic carbocycles. The number of guanidine groups is 1. The monoisotopic (exact) mass is 520 g/mol. The third-order valence-corrected chi connectivity index (χ3v) is 6.01. The fourth-order valence-corrected chi connectivity index (χ4v) is 4.57. The van der Waals surface area contributed by atoms with E-state index < -0.39 is 0 Å². The van der Waals surface area contributed by atoms with Crippen molar-refractivity contribution >= 4 is 41.5 Å². The third-order valence-electron chi connectivity index (χ3n) is 5.77. The van der Waals surface area contributed by atoms with Gasteiger partial charge in [-0.3, -0.25) is 9.89 Å². The lowest BCUT2D eigenvalue weighted by Gasteiger charge is -2.39. The Bertz CT molecular complexity index is 637. The van der Waals surface area contributed by atoms with Gasteiger partial charge in [0.2, 0.25) is 0 Å². The van der Waals surface area contributed by atoms with E-state index in [0.29, 0.717) is 12.0 Å². The molecule has 1 aromatic rings. The second-order valence-corrected chi connectivity index (χ2v) is 8.23. The molecule has 0 aliphatic carbocycles. The zero-order chi connectivity index (χ0) is 19.2. The van der Waals surface area contributed by atoms with Crippen LogP contribution >= 0.6 is 35.6 Å². The highest BCUT2D eigenvalue weighted by Crippen LogP contribution is 2.36. The summed E-state index contributed by atoms with van der Waals surface area (Å²) < 4.78 is 0. The zero-order valence-corrected chi connectivity index (χ0v) is 20.1. The van der Waals surface area contributed by atoms with Gasteiger partial charge in [-0.05, 0) is 69.8 Å². The molecule has 0 amide bonds. The second kappa shape index (κ2) is 11.6. The molecule has 5 nitrogen and oxygen atoms in total. The van der Waals surface area contributed by atoms with Gasteiger partial charge in [-0.2, -0.15) is 0 Å². The van der Waals surface area contributed by atoms with Crippen molar-refractivity contribution < 1.29 is 5.11 Å². The van der Waals surface area contributed by atoms with Crippen molar-refractivity contribution in [1.29, 1.82) is 0 Å². The summed E-state index contributed by atoms with van der Waals surface area (Å²) in [5, 5.41) is 14.0. The molecule has 2 unspecified atom stereocenters. The van der Waals surface area contributed by atoms with Crippen LogP contribution in [-0.4, -0.2) is 66.7 Å². The smallest absolute Gasteiger partial charge is 0.193 e. The highest BCUT2D eigenvalue weighted by atomic mass is 127. The highest BCUT2D eigenvalue weighted by Gasteiger charge is 2.31. The summed E-state index contributed by atoms with van der Waals surface area (Å²) in [6.45, 7) is 6.63. The second-order valence-electron chi connectivity index (χ2n) is 7.80. The minimum absolute atomic E-state index is 0. The van der Waals surface area contributed by atoms with Gasteiger partial charge < -0.3 is 15.3 Å². The van der Waals surface area contributed by atoms with E-state index in [1.54, 1.807) is 0 Å². The van der Waals surface area contributed by atoms with Crippen LogP contribution in [0.3, 0.4) is 0 Å². The average Bonchev–Trinajstić information content (AvgIpc) is 2.66. The summed E-state index contributed by atoms with van der Waals surface area (Å²) in [6, 6.07) is 8.62. The van der Waals surface area contributed by atoms with E-state index in [4.69, 9.17) is 16.6 Å². The van der Waals surface area contributed by atoms with Crippen LogP contribution in [0.1, 0.15) is 44.2 Å². The maximum absolute atomic E-state index is 9.78. The fraction of sp³-hybridized carbons (Fsp3) is 0.667. The summed E-state index contributed by atoms with van der Waals surface area (Å²) in [7, 11) is 2.21. The van der Waals surface area contributed by atoms with Crippen LogP contribution in [0.15, 0.2) is 29.3 Å². The summed E-state index contributed by atoms with van der Waals surface area (Å²) in [4.78, 5) is 9.74. The van der Waals surface area contributed by atoms with Crippen molar-refractivity contribution in [1.82, 2.24) is 15.1 Å². The Morgan fingerprint density at radius 3 is 2.68 bits per heavy atom. The molecule has 3 rings (SSSR count). The van der Waals surface area contributed by atoms with Crippen molar-refractivity contribution in [2.75, 3.05) is 39.8 Å². The quantitative estimate of drug-likeness (QED) is 0.361. The number of aliphatic imine (C=N–C) groups is 1. The predicted octanol–water partition coefficient (Wildman–Crippen LogP) is 3.76. The Hall–Kier alpha value is -0.570. The van der Waals surface area contributed by atoms with Crippen LogP contribution in [0.25, 0.3) is 0 Å². The molecule has 0 bridgehead atoms. The average molecular weight is 521 g/mol. The number of hydrogen-bond acceptors (Lipinski definition) is 3. The molecule has 0 spiro atoms. The van der Waals surface area contributed by atoms with E-state index in [1.165, 1.54) is 18.4 Å². The van der Waals surface area contributed by atoms with Crippen molar-refractivity contribution in [2.45, 2.75) is 44.8 Å². The van der Waals surface area contributed by atoms with Crippen LogP contribution in [-0.2, 0) is 0 Å². The number of piperidine rings is 2. The Morgan fingerprint density at radius 2 is 2.00 bits per heavy atom. The predicted molar refractivity (Wildman–Crippen MR) is 128 cm³/mol. The molecule has 7 heteroatoms. The van der Waals surface area contributed by atoms with Gasteiger partial charge in [-0.15, -0.1) is 24.0 Å². The maximum Gasteiger partial charge on any atom is 0.193 e. The molecule has 28 heavy (non-hydrogen) atoms. The first-order valence-corrected chi connectivity index (χ1v) is 10.6. The van der Waals surface area contributed by atoms with Crippen LogP contribution in [0.2, 0.25) is 5.02 Å². The van der Waals surface area contributed by atoms with E-state index in [-0.39, 0.29) is 30.1 Å². The minimum Gasteiger partial charge on any atom is -0.393 e. The Morgan fingerprint density at radius 1 is 1.25 bits per heavy atom.